The molecule has 6 rings (SSSR count). The molecule has 0 saturated carbocycles. The Morgan fingerprint density at radius 1 is 1.14 bits per heavy atom. The summed E-state index contributed by atoms with van der Waals surface area (Å²) in [5.41, 5.74) is 1.65. The monoisotopic (exact) mass is 470 g/mol. The number of carbonyl (C=O) groups is 2. The summed E-state index contributed by atoms with van der Waals surface area (Å²) in [4.78, 5) is 45.5. The number of anilines is 1. The van der Waals surface area contributed by atoms with E-state index in [1.165, 1.54) is 4.90 Å². The molecule has 1 saturated heterocycles. The van der Waals surface area contributed by atoms with Crippen molar-refractivity contribution in [3.63, 3.8) is 0 Å². The molecule has 3 aliphatic rings. The zero-order valence-corrected chi connectivity index (χ0v) is 19.8. The minimum absolute atomic E-state index is 0.0626. The molecular formula is C28H26N2O5. The minimum atomic E-state index is -1.61. The average Bonchev–Trinajstić information content (AvgIpc) is 3.51. The van der Waals surface area contributed by atoms with E-state index >= 15 is 0 Å². The van der Waals surface area contributed by atoms with Crippen LogP contribution in [-0.4, -0.2) is 42.5 Å². The third-order valence-corrected chi connectivity index (χ3v) is 7.57. The standard InChI is InChI=1S/C28H26N2O5/c1-4-11-29-21-10-6-5-9-20(21)28(27(29)33)23-24(31)19-13-16(2)17(3)14-22(19)35-25(23)26(32)30(28)15-18-8-7-12-34-18/h4-6,9-10,13-14,18H,1,7-8,11-12,15H2,2-3H3/t18-,28+/m1/s1. The van der Waals surface area contributed by atoms with Crippen molar-refractivity contribution in [1.29, 1.82) is 0 Å². The molecule has 3 aliphatic heterocycles. The van der Waals surface area contributed by atoms with E-state index < -0.39 is 11.4 Å². The van der Waals surface area contributed by atoms with Crippen LogP contribution in [0.2, 0.25) is 0 Å². The van der Waals surface area contributed by atoms with Gasteiger partial charge in [0.15, 0.2) is 11.0 Å². The smallest absolute Gasteiger partial charge is 0.291 e. The molecule has 0 bridgehead atoms. The zero-order valence-electron chi connectivity index (χ0n) is 19.8. The van der Waals surface area contributed by atoms with Gasteiger partial charge in [0.25, 0.3) is 11.8 Å². The molecule has 1 aromatic heterocycles. The molecule has 1 spiro atoms. The molecule has 7 nitrogen and oxygen atoms in total. The van der Waals surface area contributed by atoms with Gasteiger partial charge in [0.1, 0.15) is 5.58 Å². The summed E-state index contributed by atoms with van der Waals surface area (Å²) in [6.07, 6.45) is 3.10. The van der Waals surface area contributed by atoms with Gasteiger partial charge in [-0.25, -0.2) is 0 Å². The molecular weight excluding hydrogens is 444 g/mol. The number of nitrogens with zero attached hydrogens (tertiary/aromatic N) is 2. The lowest BCUT2D eigenvalue weighted by atomic mass is 9.83. The van der Waals surface area contributed by atoms with E-state index in [1.807, 2.05) is 38.1 Å². The number of para-hydroxylation sites is 1. The van der Waals surface area contributed by atoms with Gasteiger partial charge in [0.05, 0.1) is 22.7 Å². The van der Waals surface area contributed by atoms with Crippen molar-refractivity contribution in [2.24, 2.45) is 0 Å². The minimum Gasteiger partial charge on any atom is -0.450 e. The summed E-state index contributed by atoms with van der Waals surface area (Å²) in [7, 11) is 0. The Balaban J connectivity index is 1.70. The number of carbonyl (C=O) groups excluding carboxylic acids is 2. The molecule has 2 amide bonds. The van der Waals surface area contributed by atoms with Gasteiger partial charge in [-0.2, -0.15) is 0 Å². The van der Waals surface area contributed by atoms with Crippen LogP contribution in [0, 0.1) is 13.8 Å². The first-order chi connectivity index (χ1) is 16.9. The van der Waals surface area contributed by atoms with Gasteiger partial charge in [-0.05, 0) is 56.0 Å². The van der Waals surface area contributed by atoms with Crippen molar-refractivity contribution in [3.8, 4) is 0 Å². The molecule has 2 aromatic carbocycles. The van der Waals surface area contributed by atoms with Crippen molar-refractivity contribution in [1.82, 2.24) is 4.90 Å². The number of fused-ring (bicyclic) bond motifs is 5. The summed E-state index contributed by atoms with van der Waals surface area (Å²) in [5.74, 6) is -0.872. The number of hydrogen-bond donors (Lipinski definition) is 0. The van der Waals surface area contributed by atoms with Crippen LogP contribution in [0.1, 0.15) is 45.7 Å². The molecule has 0 N–H and O–H groups in total. The maximum Gasteiger partial charge on any atom is 0.291 e. The largest absolute Gasteiger partial charge is 0.450 e. The number of aryl methyl sites for hydroxylation is 2. The summed E-state index contributed by atoms with van der Waals surface area (Å²) in [6.45, 7) is 8.72. The second-order valence-electron chi connectivity index (χ2n) is 9.55. The Hall–Kier alpha value is -3.71. The molecule has 35 heavy (non-hydrogen) atoms. The number of ether oxygens (including phenoxy) is 1. The quantitative estimate of drug-likeness (QED) is 0.542. The van der Waals surface area contributed by atoms with Crippen molar-refractivity contribution in [2.45, 2.75) is 38.3 Å². The van der Waals surface area contributed by atoms with Crippen LogP contribution in [0.3, 0.4) is 0 Å². The normalized spacial score (nSPS) is 23.0. The van der Waals surface area contributed by atoms with Gasteiger partial charge in [-0.1, -0.05) is 24.3 Å². The van der Waals surface area contributed by atoms with E-state index in [4.69, 9.17) is 9.15 Å². The Kier molecular flexibility index (Phi) is 4.76. The van der Waals surface area contributed by atoms with Gasteiger partial charge in [0.2, 0.25) is 5.76 Å². The lowest BCUT2D eigenvalue weighted by Gasteiger charge is -2.35. The van der Waals surface area contributed by atoms with Crippen LogP contribution in [0.4, 0.5) is 5.69 Å². The predicted molar refractivity (Wildman–Crippen MR) is 132 cm³/mol. The maximum atomic E-state index is 14.3. The molecule has 178 valence electrons. The van der Waals surface area contributed by atoms with E-state index in [0.29, 0.717) is 28.8 Å². The summed E-state index contributed by atoms with van der Waals surface area (Å²) >= 11 is 0. The maximum absolute atomic E-state index is 14.3. The highest BCUT2D eigenvalue weighted by Gasteiger charge is 2.65. The SMILES string of the molecule is C=CCN1C(=O)[C@]2(c3ccccc31)c1c(oc3cc(C)c(C)cc3c1=O)C(=O)N2C[C@H]1CCCO1. The van der Waals surface area contributed by atoms with Crippen LogP contribution in [0.25, 0.3) is 11.0 Å². The van der Waals surface area contributed by atoms with E-state index in [0.717, 1.165) is 24.0 Å². The number of hydrogen-bond acceptors (Lipinski definition) is 5. The summed E-state index contributed by atoms with van der Waals surface area (Å²) < 4.78 is 12.0. The Labute approximate surface area is 202 Å². The lowest BCUT2D eigenvalue weighted by molar-refractivity contribution is -0.126. The van der Waals surface area contributed by atoms with Crippen LogP contribution in [0.5, 0.6) is 0 Å². The molecule has 4 heterocycles. The number of benzene rings is 2. The third-order valence-electron chi connectivity index (χ3n) is 7.57. The van der Waals surface area contributed by atoms with Crippen molar-refractivity contribution >= 4 is 28.5 Å². The fourth-order valence-corrected chi connectivity index (χ4v) is 5.80. The van der Waals surface area contributed by atoms with Crippen LogP contribution < -0.4 is 10.3 Å². The second kappa shape index (κ2) is 7.65. The number of amides is 2. The molecule has 3 aromatic rings. The second-order valence-corrected chi connectivity index (χ2v) is 9.55. The topological polar surface area (TPSA) is 80.1 Å². The van der Waals surface area contributed by atoms with Crippen LogP contribution >= 0.6 is 0 Å². The Morgan fingerprint density at radius 3 is 2.66 bits per heavy atom. The van der Waals surface area contributed by atoms with Crippen molar-refractivity contribution < 1.29 is 18.7 Å². The lowest BCUT2D eigenvalue weighted by Crippen LogP contribution is -2.55. The molecule has 0 radical (unpaired) electrons. The Bertz CT molecular complexity index is 1480. The van der Waals surface area contributed by atoms with E-state index in [2.05, 4.69) is 6.58 Å². The van der Waals surface area contributed by atoms with Gasteiger partial charge in [0, 0.05) is 25.3 Å². The van der Waals surface area contributed by atoms with Gasteiger partial charge >= 0.3 is 0 Å². The Morgan fingerprint density at radius 2 is 1.91 bits per heavy atom. The average molecular weight is 471 g/mol. The molecule has 1 fully saturated rings. The van der Waals surface area contributed by atoms with Crippen molar-refractivity contribution in [2.75, 3.05) is 24.6 Å². The van der Waals surface area contributed by atoms with Crippen molar-refractivity contribution in [3.05, 3.63) is 87.3 Å². The van der Waals surface area contributed by atoms with E-state index in [-0.39, 0.29) is 41.9 Å². The first-order valence-corrected chi connectivity index (χ1v) is 11.9. The predicted octanol–water partition coefficient (Wildman–Crippen LogP) is 3.82. The molecule has 0 unspecified atom stereocenters. The summed E-state index contributed by atoms with van der Waals surface area (Å²) in [5, 5.41) is 0.366. The van der Waals surface area contributed by atoms with E-state index in [1.54, 1.807) is 23.1 Å². The highest BCUT2D eigenvalue weighted by atomic mass is 16.5. The highest BCUT2D eigenvalue weighted by Crippen LogP contribution is 2.52. The first-order valence-electron chi connectivity index (χ1n) is 11.9. The first kappa shape index (κ1) is 21.8. The van der Waals surface area contributed by atoms with Crippen LogP contribution in [-0.2, 0) is 15.1 Å². The zero-order chi connectivity index (χ0) is 24.5. The molecule has 2 atom stereocenters. The molecule has 7 heteroatoms. The van der Waals surface area contributed by atoms with Crippen LogP contribution in [0.15, 0.2) is 58.3 Å². The molecule has 0 aliphatic carbocycles. The van der Waals surface area contributed by atoms with Gasteiger partial charge in [-0.3, -0.25) is 14.4 Å². The number of rotatable bonds is 4. The fraction of sp³-hybridized carbons (Fsp3) is 0.321. The highest BCUT2D eigenvalue weighted by molar-refractivity contribution is 6.17. The van der Waals surface area contributed by atoms with Gasteiger partial charge < -0.3 is 19.0 Å². The third kappa shape index (κ3) is 2.79. The van der Waals surface area contributed by atoms with Gasteiger partial charge in [-0.15, -0.1) is 6.58 Å². The summed E-state index contributed by atoms with van der Waals surface area (Å²) in [6, 6.07) is 10.9. The fourth-order valence-electron chi connectivity index (χ4n) is 5.80. The van der Waals surface area contributed by atoms with E-state index in [9.17, 15) is 14.4 Å².